The van der Waals surface area contributed by atoms with E-state index >= 15 is 0 Å². The molecule has 0 aliphatic carbocycles. The quantitative estimate of drug-likeness (QED) is 0.786. The Kier molecular flexibility index (Phi) is 4.84. The lowest BCUT2D eigenvalue weighted by atomic mass is 10.2. The summed E-state index contributed by atoms with van der Waals surface area (Å²) >= 11 is 0. The second-order valence-corrected chi connectivity index (χ2v) is 8.10. The van der Waals surface area contributed by atoms with Crippen LogP contribution in [0, 0.1) is 0 Å². The standard InChI is InChI=1S/C12H24N2O4S/c1-12(2,3)18-11(15)14-8-6-7-10(14)9-13(4)19(5,16)17/h10H,6-9H2,1-5H3. The van der Waals surface area contributed by atoms with Gasteiger partial charge in [-0.3, -0.25) is 0 Å². The highest BCUT2D eigenvalue weighted by molar-refractivity contribution is 7.88. The first kappa shape index (κ1) is 16.2. The van der Waals surface area contributed by atoms with E-state index in [-0.39, 0.29) is 12.1 Å². The zero-order valence-corrected chi connectivity index (χ0v) is 13.2. The maximum Gasteiger partial charge on any atom is 0.410 e. The van der Waals surface area contributed by atoms with Crippen LogP contribution in [-0.4, -0.2) is 61.8 Å². The molecular formula is C12H24N2O4S. The summed E-state index contributed by atoms with van der Waals surface area (Å²) in [6.45, 7) is 6.39. The van der Waals surface area contributed by atoms with Crippen molar-refractivity contribution in [1.82, 2.24) is 9.21 Å². The zero-order chi connectivity index (χ0) is 14.8. The van der Waals surface area contributed by atoms with Gasteiger partial charge in [0, 0.05) is 26.2 Å². The largest absolute Gasteiger partial charge is 0.444 e. The van der Waals surface area contributed by atoms with Crippen LogP contribution in [0.5, 0.6) is 0 Å². The second-order valence-electron chi connectivity index (χ2n) is 6.01. The average Bonchev–Trinajstić information content (AvgIpc) is 2.61. The fraction of sp³-hybridized carbons (Fsp3) is 0.917. The van der Waals surface area contributed by atoms with Gasteiger partial charge in [-0.25, -0.2) is 17.5 Å². The minimum absolute atomic E-state index is 0.102. The van der Waals surface area contributed by atoms with Crippen LogP contribution in [-0.2, 0) is 14.8 Å². The van der Waals surface area contributed by atoms with Crippen molar-refractivity contribution in [2.24, 2.45) is 0 Å². The average molecular weight is 292 g/mol. The Morgan fingerprint density at radius 1 is 1.42 bits per heavy atom. The topological polar surface area (TPSA) is 66.9 Å². The fourth-order valence-corrected chi connectivity index (χ4v) is 2.46. The van der Waals surface area contributed by atoms with Gasteiger partial charge in [0.15, 0.2) is 0 Å². The maximum atomic E-state index is 12.0. The first-order valence-corrected chi connectivity index (χ1v) is 8.26. The van der Waals surface area contributed by atoms with E-state index in [1.54, 1.807) is 4.90 Å². The molecule has 1 aliphatic rings. The minimum atomic E-state index is -3.22. The summed E-state index contributed by atoms with van der Waals surface area (Å²) in [5.74, 6) is 0. The van der Waals surface area contributed by atoms with Crippen molar-refractivity contribution < 1.29 is 17.9 Å². The van der Waals surface area contributed by atoms with Crippen LogP contribution in [0.1, 0.15) is 33.6 Å². The Balaban J connectivity index is 2.67. The molecule has 0 aromatic rings. The molecule has 1 saturated heterocycles. The maximum absolute atomic E-state index is 12.0. The normalized spacial score (nSPS) is 20.9. The van der Waals surface area contributed by atoms with Gasteiger partial charge in [-0.15, -0.1) is 0 Å². The number of nitrogens with zero attached hydrogens (tertiary/aromatic N) is 2. The van der Waals surface area contributed by atoms with Crippen LogP contribution in [0.4, 0.5) is 4.79 Å². The number of carbonyl (C=O) groups is 1. The molecule has 0 N–H and O–H groups in total. The summed E-state index contributed by atoms with van der Waals surface area (Å²) in [5, 5.41) is 0. The van der Waals surface area contributed by atoms with Crippen LogP contribution >= 0.6 is 0 Å². The van der Waals surface area contributed by atoms with Gasteiger partial charge in [0.25, 0.3) is 0 Å². The van der Waals surface area contributed by atoms with E-state index in [2.05, 4.69) is 0 Å². The Hall–Kier alpha value is -0.820. The van der Waals surface area contributed by atoms with Crippen molar-refractivity contribution in [3.05, 3.63) is 0 Å². The first-order valence-electron chi connectivity index (χ1n) is 6.41. The van der Waals surface area contributed by atoms with Crippen molar-refractivity contribution in [1.29, 1.82) is 0 Å². The molecule has 0 aromatic carbocycles. The van der Waals surface area contributed by atoms with Gasteiger partial charge in [0.1, 0.15) is 5.60 Å². The van der Waals surface area contributed by atoms with Crippen LogP contribution in [0.15, 0.2) is 0 Å². The molecule has 112 valence electrons. The molecule has 0 saturated carbocycles. The molecule has 1 heterocycles. The Morgan fingerprint density at radius 2 is 2.00 bits per heavy atom. The number of ether oxygens (including phenoxy) is 1. The fourth-order valence-electron chi connectivity index (χ4n) is 2.02. The summed E-state index contributed by atoms with van der Waals surface area (Å²) in [4.78, 5) is 13.7. The third-order valence-electron chi connectivity index (χ3n) is 3.04. The van der Waals surface area contributed by atoms with E-state index in [4.69, 9.17) is 4.74 Å². The second kappa shape index (κ2) is 5.66. The van der Waals surface area contributed by atoms with Crippen LogP contribution in [0.2, 0.25) is 0 Å². The third kappa shape index (κ3) is 4.99. The molecule has 1 rings (SSSR count). The number of likely N-dealkylation sites (N-methyl/N-ethyl adjacent to an activating group) is 1. The molecule has 0 aromatic heterocycles. The van der Waals surface area contributed by atoms with E-state index in [1.165, 1.54) is 17.6 Å². The zero-order valence-electron chi connectivity index (χ0n) is 12.3. The Labute approximate surface area is 115 Å². The summed E-state index contributed by atoms with van der Waals surface area (Å²) in [7, 11) is -1.69. The van der Waals surface area contributed by atoms with Crippen LogP contribution in [0.3, 0.4) is 0 Å². The number of hydrogen-bond acceptors (Lipinski definition) is 4. The van der Waals surface area contributed by atoms with E-state index in [1.807, 2.05) is 20.8 Å². The molecule has 1 amide bonds. The highest BCUT2D eigenvalue weighted by atomic mass is 32.2. The molecule has 7 heteroatoms. The number of likely N-dealkylation sites (tertiary alicyclic amines) is 1. The highest BCUT2D eigenvalue weighted by Gasteiger charge is 2.33. The van der Waals surface area contributed by atoms with Crippen molar-refractivity contribution in [2.45, 2.75) is 45.3 Å². The summed E-state index contributed by atoms with van der Waals surface area (Å²) < 4.78 is 29.4. The molecule has 1 fully saturated rings. The summed E-state index contributed by atoms with van der Waals surface area (Å²) in [6.07, 6.45) is 2.48. The summed E-state index contributed by atoms with van der Waals surface area (Å²) in [6, 6.07) is -0.102. The van der Waals surface area contributed by atoms with Gasteiger partial charge in [-0.1, -0.05) is 0 Å². The minimum Gasteiger partial charge on any atom is -0.444 e. The number of carbonyl (C=O) groups excluding carboxylic acids is 1. The number of hydrogen-bond donors (Lipinski definition) is 0. The molecule has 0 radical (unpaired) electrons. The van der Waals surface area contributed by atoms with E-state index in [9.17, 15) is 13.2 Å². The van der Waals surface area contributed by atoms with Gasteiger partial charge < -0.3 is 9.64 Å². The lowest BCUT2D eigenvalue weighted by molar-refractivity contribution is 0.0216. The molecule has 6 nitrogen and oxygen atoms in total. The van der Waals surface area contributed by atoms with Gasteiger partial charge in [0.2, 0.25) is 10.0 Å². The van der Waals surface area contributed by atoms with Crippen molar-refractivity contribution in [2.75, 3.05) is 26.4 Å². The lowest BCUT2D eigenvalue weighted by Crippen LogP contribution is -2.45. The summed E-state index contributed by atoms with van der Waals surface area (Å²) in [5.41, 5.74) is -0.535. The molecule has 1 atom stereocenters. The van der Waals surface area contributed by atoms with E-state index < -0.39 is 15.6 Å². The molecule has 1 unspecified atom stereocenters. The van der Waals surface area contributed by atoms with Crippen molar-refractivity contribution >= 4 is 16.1 Å². The SMILES string of the molecule is CN(CC1CCCN1C(=O)OC(C)(C)C)S(C)(=O)=O. The monoisotopic (exact) mass is 292 g/mol. The highest BCUT2D eigenvalue weighted by Crippen LogP contribution is 2.21. The van der Waals surface area contributed by atoms with Crippen LogP contribution < -0.4 is 0 Å². The smallest absolute Gasteiger partial charge is 0.410 e. The van der Waals surface area contributed by atoms with Gasteiger partial charge >= 0.3 is 6.09 Å². The van der Waals surface area contributed by atoms with E-state index in [0.717, 1.165) is 12.8 Å². The first-order chi connectivity index (χ1) is 8.50. The van der Waals surface area contributed by atoms with Crippen molar-refractivity contribution in [3.8, 4) is 0 Å². The predicted octanol–water partition coefficient (Wildman–Crippen LogP) is 1.28. The third-order valence-corrected chi connectivity index (χ3v) is 4.32. The molecule has 1 aliphatic heterocycles. The van der Waals surface area contributed by atoms with E-state index in [0.29, 0.717) is 13.1 Å². The van der Waals surface area contributed by atoms with Crippen LogP contribution in [0.25, 0.3) is 0 Å². The Bertz CT molecular complexity index is 428. The van der Waals surface area contributed by atoms with Crippen molar-refractivity contribution in [3.63, 3.8) is 0 Å². The molecular weight excluding hydrogens is 268 g/mol. The van der Waals surface area contributed by atoms with Gasteiger partial charge in [-0.2, -0.15) is 0 Å². The number of rotatable bonds is 3. The van der Waals surface area contributed by atoms with Gasteiger partial charge in [-0.05, 0) is 33.6 Å². The van der Waals surface area contributed by atoms with Gasteiger partial charge in [0.05, 0.1) is 6.26 Å². The number of amides is 1. The predicted molar refractivity (Wildman–Crippen MR) is 73.4 cm³/mol. The lowest BCUT2D eigenvalue weighted by Gasteiger charge is -2.30. The molecule has 19 heavy (non-hydrogen) atoms. The molecule has 0 bridgehead atoms. The Morgan fingerprint density at radius 3 is 2.47 bits per heavy atom. The number of sulfonamides is 1. The molecule has 0 spiro atoms.